The molecule has 0 saturated heterocycles. The van der Waals surface area contributed by atoms with E-state index in [-0.39, 0.29) is 5.91 Å². The van der Waals surface area contributed by atoms with Gasteiger partial charge in [-0.3, -0.25) is 4.79 Å². The summed E-state index contributed by atoms with van der Waals surface area (Å²) in [6.07, 6.45) is -2.29. The van der Waals surface area contributed by atoms with Crippen LogP contribution in [-0.2, 0) is 11.0 Å². The van der Waals surface area contributed by atoms with Crippen molar-refractivity contribution in [2.45, 2.75) is 53.1 Å². The number of alkyl halides is 3. The van der Waals surface area contributed by atoms with E-state index in [4.69, 9.17) is 0 Å². The Morgan fingerprint density at radius 2 is 1.85 bits per heavy atom. The second kappa shape index (κ2) is 8.61. The average molecular weight is 289 g/mol. The molecule has 0 bridgehead atoms. The van der Waals surface area contributed by atoms with Gasteiger partial charge in [-0.1, -0.05) is 27.2 Å². The first-order valence-corrected chi connectivity index (χ1v) is 6.82. The number of unbranched alkanes of at least 4 members (excludes halogenated alkanes) is 1. The minimum atomic E-state index is -4.35. The molecule has 0 radical (unpaired) electrons. The van der Waals surface area contributed by atoms with E-state index in [1.54, 1.807) is 6.92 Å². The number of carbonyl (C=O) groups excluding carboxylic acids is 1. The molecule has 0 atom stereocenters. The summed E-state index contributed by atoms with van der Waals surface area (Å²) in [7, 11) is 0. The van der Waals surface area contributed by atoms with Gasteiger partial charge in [0.25, 0.3) is 0 Å². The molecule has 1 aromatic rings. The molecule has 0 heterocycles. The number of anilines is 1. The molecule has 0 aliphatic rings. The fourth-order valence-electron chi connectivity index (χ4n) is 1.53. The van der Waals surface area contributed by atoms with Crippen LogP contribution < -0.4 is 5.32 Å². The van der Waals surface area contributed by atoms with Gasteiger partial charge < -0.3 is 5.32 Å². The maximum atomic E-state index is 12.4. The Balaban J connectivity index is 0.00000172. The normalized spacial score (nSPS) is 10.6. The SMILES string of the molecule is CC.CCCCC(=O)Nc1ccc(C(F)(F)F)cc1C. The van der Waals surface area contributed by atoms with E-state index >= 15 is 0 Å². The third-order valence-electron chi connectivity index (χ3n) is 2.59. The fourth-order valence-corrected chi connectivity index (χ4v) is 1.53. The van der Waals surface area contributed by atoms with Crippen LogP contribution in [0.3, 0.4) is 0 Å². The van der Waals surface area contributed by atoms with Crippen molar-refractivity contribution in [2.24, 2.45) is 0 Å². The van der Waals surface area contributed by atoms with Gasteiger partial charge in [-0.05, 0) is 37.1 Å². The van der Waals surface area contributed by atoms with Gasteiger partial charge in [0.05, 0.1) is 5.56 Å². The van der Waals surface area contributed by atoms with Gasteiger partial charge in [-0.2, -0.15) is 13.2 Å². The second-order valence-corrected chi connectivity index (χ2v) is 4.18. The lowest BCUT2D eigenvalue weighted by Gasteiger charge is -2.12. The van der Waals surface area contributed by atoms with E-state index in [2.05, 4.69) is 5.32 Å². The van der Waals surface area contributed by atoms with Crippen molar-refractivity contribution < 1.29 is 18.0 Å². The van der Waals surface area contributed by atoms with E-state index < -0.39 is 11.7 Å². The van der Waals surface area contributed by atoms with Gasteiger partial charge in [-0.25, -0.2) is 0 Å². The Bertz CT molecular complexity index is 428. The maximum absolute atomic E-state index is 12.4. The third kappa shape index (κ3) is 6.08. The summed E-state index contributed by atoms with van der Waals surface area (Å²) in [6, 6.07) is 3.31. The van der Waals surface area contributed by atoms with Crippen molar-refractivity contribution in [1.29, 1.82) is 0 Å². The molecule has 20 heavy (non-hydrogen) atoms. The van der Waals surface area contributed by atoms with Crippen molar-refractivity contribution >= 4 is 11.6 Å². The van der Waals surface area contributed by atoms with Crippen LogP contribution in [0.25, 0.3) is 0 Å². The monoisotopic (exact) mass is 289 g/mol. The van der Waals surface area contributed by atoms with Crippen LogP contribution >= 0.6 is 0 Å². The predicted octanol–water partition coefficient (Wildman–Crippen LogP) is 5.17. The summed E-state index contributed by atoms with van der Waals surface area (Å²) < 4.78 is 37.3. The molecule has 0 aliphatic carbocycles. The minimum absolute atomic E-state index is 0.167. The highest BCUT2D eigenvalue weighted by Gasteiger charge is 2.30. The Morgan fingerprint density at radius 1 is 1.25 bits per heavy atom. The number of hydrogen-bond donors (Lipinski definition) is 1. The Hall–Kier alpha value is -1.52. The Morgan fingerprint density at radius 3 is 2.30 bits per heavy atom. The van der Waals surface area contributed by atoms with E-state index in [1.807, 2.05) is 20.8 Å². The molecule has 0 aliphatic heterocycles. The van der Waals surface area contributed by atoms with Crippen molar-refractivity contribution in [3.05, 3.63) is 29.3 Å². The molecule has 1 N–H and O–H groups in total. The van der Waals surface area contributed by atoms with Gasteiger partial charge >= 0.3 is 6.18 Å². The van der Waals surface area contributed by atoms with Crippen LogP contribution in [0, 0.1) is 6.92 Å². The lowest BCUT2D eigenvalue weighted by Crippen LogP contribution is -2.13. The summed E-state index contributed by atoms with van der Waals surface area (Å²) in [5.41, 5.74) is 0.144. The number of carbonyl (C=O) groups is 1. The first-order chi connectivity index (χ1) is 9.34. The van der Waals surface area contributed by atoms with Crippen LogP contribution in [0.5, 0.6) is 0 Å². The van der Waals surface area contributed by atoms with Crippen molar-refractivity contribution in [3.63, 3.8) is 0 Å². The van der Waals surface area contributed by atoms with E-state index in [1.165, 1.54) is 6.07 Å². The van der Waals surface area contributed by atoms with Crippen molar-refractivity contribution in [1.82, 2.24) is 0 Å². The Kier molecular flexibility index (Phi) is 7.96. The van der Waals surface area contributed by atoms with Gasteiger partial charge in [0, 0.05) is 12.1 Å². The smallest absolute Gasteiger partial charge is 0.326 e. The molecule has 0 unspecified atom stereocenters. The van der Waals surface area contributed by atoms with E-state index in [0.29, 0.717) is 17.7 Å². The van der Waals surface area contributed by atoms with Gasteiger partial charge in [0.2, 0.25) is 5.91 Å². The number of aryl methyl sites for hydroxylation is 1. The average Bonchev–Trinajstić information content (AvgIpc) is 2.40. The maximum Gasteiger partial charge on any atom is 0.416 e. The predicted molar refractivity (Wildman–Crippen MR) is 75.7 cm³/mol. The molecule has 5 heteroatoms. The van der Waals surface area contributed by atoms with Crippen LogP contribution in [0.1, 0.15) is 51.2 Å². The van der Waals surface area contributed by atoms with Crippen LogP contribution in [-0.4, -0.2) is 5.91 Å². The molecular weight excluding hydrogens is 267 g/mol. The molecule has 0 aromatic heterocycles. The molecule has 1 amide bonds. The first-order valence-electron chi connectivity index (χ1n) is 6.82. The molecule has 2 nitrogen and oxygen atoms in total. The van der Waals surface area contributed by atoms with Gasteiger partial charge in [0.15, 0.2) is 0 Å². The summed E-state index contributed by atoms with van der Waals surface area (Å²) >= 11 is 0. The minimum Gasteiger partial charge on any atom is -0.326 e. The highest BCUT2D eigenvalue weighted by molar-refractivity contribution is 5.91. The zero-order valence-electron chi connectivity index (χ0n) is 12.4. The lowest BCUT2D eigenvalue weighted by molar-refractivity contribution is -0.137. The number of benzene rings is 1. The number of rotatable bonds is 4. The van der Waals surface area contributed by atoms with E-state index in [9.17, 15) is 18.0 Å². The van der Waals surface area contributed by atoms with Gasteiger partial charge in [0.1, 0.15) is 0 Å². The fraction of sp³-hybridized carbons (Fsp3) is 0.533. The van der Waals surface area contributed by atoms with Crippen molar-refractivity contribution in [3.8, 4) is 0 Å². The molecule has 0 fully saturated rings. The first kappa shape index (κ1) is 18.5. The molecule has 114 valence electrons. The topological polar surface area (TPSA) is 29.1 Å². The summed E-state index contributed by atoms with van der Waals surface area (Å²) in [5.74, 6) is -0.167. The molecule has 0 saturated carbocycles. The largest absolute Gasteiger partial charge is 0.416 e. The van der Waals surface area contributed by atoms with E-state index in [0.717, 1.165) is 25.0 Å². The zero-order chi connectivity index (χ0) is 15.8. The number of nitrogens with one attached hydrogen (secondary N) is 1. The molecular formula is C15H22F3NO. The molecule has 0 spiro atoms. The Labute approximate surface area is 118 Å². The van der Waals surface area contributed by atoms with Crippen LogP contribution in [0.2, 0.25) is 0 Å². The number of amides is 1. The highest BCUT2D eigenvalue weighted by atomic mass is 19.4. The van der Waals surface area contributed by atoms with Crippen LogP contribution in [0.15, 0.2) is 18.2 Å². The standard InChI is InChI=1S/C13H16F3NO.C2H6/c1-3-4-5-12(18)17-11-7-6-10(8-9(11)2)13(14,15)16;1-2/h6-8H,3-5H2,1-2H3,(H,17,18);1-2H3. The van der Waals surface area contributed by atoms with Crippen molar-refractivity contribution in [2.75, 3.05) is 5.32 Å². The summed E-state index contributed by atoms with van der Waals surface area (Å²) in [6.45, 7) is 7.52. The summed E-state index contributed by atoms with van der Waals surface area (Å²) in [5, 5.41) is 2.62. The third-order valence-corrected chi connectivity index (χ3v) is 2.59. The second-order valence-electron chi connectivity index (χ2n) is 4.18. The zero-order valence-corrected chi connectivity index (χ0v) is 12.4. The van der Waals surface area contributed by atoms with Crippen LogP contribution in [0.4, 0.5) is 18.9 Å². The molecule has 1 rings (SSSR count). The summed E-state index contributed by atoms with van der Waals surface area (Å²) in [4.78, 5) is 11.5. The lowest BCUT2D eigenvalue weighted by atomic mass is 10.1. The molecule has 1 aromatic carbocycles. The number of halogens is 3. The quantitative estimate of drug-likeness (QED) is 0.814. The van der Waals surface area contributed by atoms with Gasteiger partial charge in [-0.15, -0.1) is 0 Å². The number of hydrogen-bond acceptors (Lipinski definition) is 1. The highest BCUT2D eigenvalue weighted by Crippen LogP contribution is 2.31.